The van der Waals surface area contributed by atoms with Gasteiger partial charge in [-0.2, -0.15) is 13.2 Å². The molecular weight excluding hydrogens is 307 g/mol. The number of carbonyl (C=O) groups is 1. The Morgan fingerprint density at radius 1 is 1.17 bits per heavy atom. The summed E-state index contributed by atoms with van der Waals surface area (Å²) in [5, 5.41) is 2.50. The number of alkyl halides is 3. The van der Waals surface area contributed by atoms with Crippen LogP contribution >= 0.6 is 0 Å². The number of hydrogen-bond donors (Lipinski definition) is 1. The van der Waals surface area contributed by atoms with Gasteiger partial charge in [0.05, 0.1) is 12.2 Å². The number of methoxy groups -OCH3 is 1. The van der Waals surface area contributed by atoms with E-state index in [0.29, 0.717) is 11.1 Å². The summed E-state index contributed by atoms with van der Waals surface area (Å²) in [4.78, 5) is 12.3. The first kappa shape index (κ1) is 17.0. The summed E-state index contributed by atoms with van der Waals surface area (Å²) in [6.07, 6.45) is -4.46. The van der Waals surface area contributed by atoms with Gasteiger partial charge in [0, 0.05) is 18.4 Å². The molecule has 0 aliphatic heterocycles. The molecule has 1 amide bonds. The molecule has 0 aliphatic rings. The second kappa shape index (κ2) is 6.83. The van der Waals surface area contributed by atoms with E-state index in [4.69, 9.17) is 4.74 Å². The van der Waals surface area contributed by atoms with E-state index >= 15 is 0 Å². The van der Waals surface area contributed by atoms with Crippen molar-refractivity contribution in [1.29, 1.82) is 0 Å². The van der Waals surface area contributed by atoms with E-state index in [2.05, 4.69) is 5.32 Å². The lowest BCUT2D eigenvalue weighted by Crippen LogP contribution is -2.16. The van der Waals surface area contributed by atoms with Crippen LogP contribution in [0.4, 0.5) is 18.9 Å². The lowest BCUT2D eigenvalue weighted by molar-refractivity contribution is -0.138. The quantitative estimate of drug-likeness (QED) is 0.905. The van der Waals surface area contributed by atoms with E-state index in [1.807, 2.05) is 0 Å². The van der Waals surface area contributed by atoms with Gasteiger partial charge in [-0.25, -0.2) is 0 Å². The molecule has 0 atom stereocenters. The summed E-state index contributed by atoms with van der Waals surface area (Å²) in [5.74, 6) is -0.477. The average Bonchev–Trinajstić information content (AvgIpc) is 2.49. The smallest absolute Gasteiger partial charge is 0.380 e. The van der Waals surface area contributed by atoms with Gasteiger partial charge in [0.1, 0.15) is 0 Å². The third kappa shape index (κ3) is 4.10. The summed E-state index contributed by atoms with van der Waals surface area (Å²) < 4.78 is 43.8. The van der Waals surface area contributed by atoms with Gasteiger partial charge in [0.2, 0.25) is 0 Å². The maximum absolute atomic E-state index is 12.9. The molecule has 2 rings (SSSR count). The van der Waals surface area contributed by atoms with Crippen LogP contribution in [0.5, 0.6) is 0 Å². The van der Waals surface area contributed by atoms with Crippen molar-refractivity contribution in [1.82, 2.24) is 0 Å². The number of hydrogen-bond acceptors (Lipinski definition) is 2. The van der Waals surface area contributed by atoms with Crippen molar-refractivity contribution in [2.75, 3.05) is 12.4 Å². The Hall–Kier alpha value is -2.34. The Morgan fingerprint density at radius 3 is 2.52 bits per heavy atom. The van der Waals surface area contributed by atoms with Gasteiger partial charge < -0.3 is 10.1 Å². The number of aryl methyl sites for hydroxylation is 1. The van der Waals surface area contributed by atoms with Crippen LogP contribution in [-0.4, -0.2) is 13.0 Å². The van der Waals surface area contributed by atoms with Crippen molar-refractivity contribution in [3.63, 3.8) is 0 Å². The molecule has 2 aromatic carbocycles. The molecule has 23 heavy (non-hydrogen) atoms. The fraction of sp³-hybridized carbons (Fsp3) is 0.235. The maximum Gasteiger partial charge on any atom is 0.416 e. The van der Waals surface area contributed by atoms with Crippen molar-refractivity contribution in [3.8, 4) is 0 Å². The molecule has 0 saturated carbocycles. The SMILES string of the molecule is COCc1ccccc1C(=O)Nc1ccc(C)c(C(F)(F)F)c1. The number of anilines is 1. The first-order valence-electron chi connectivity index (χ1n) is 6.89. The monoisotopic (exact) mass is 323 g/mol. The fourth-order valence-electron chi connectivity index (χ4n) is 2.23. The van der Waals surface area contributed by atoms with E-state index < -0.39 is 17.6 Å². The zero-order chi connectivity index (χ0) is 17.0. The Bertz CT molecular complexity index is 711. The highest BCUT2D eigenvalue weighted by Crippen LogP contribution is 2.33. The van der Waals surface area contributed by atoms with E-state index in [-0.39, 0.29) is 17.9 Å². The van der Waals surface area contributed by atoms with Crippen LogP contribution in [0.15, 0.2) is 42.5 Å². The molecular formula is C17H16F3NO2. The van der Waals surface area contributed by atoms with E-state index in [9.17, 15) is 18.0 Å². The topological polar surface area (TPSA) is 38.3 Å². The maximum atomic E-state index is 12.9. The van der Waals surface area contributed by atoms with E-state index in [0.717, 1.165) is 6.07 Å². The molecule has 0 spiro atoms. The minimum Gasteiger partial charge on any atom is -0.380 e. The van der Waals surface area contributed by atoms with Gasteiger partial charge in [-0.3, -0.25) is 4.79 Å². The van der Waals surface area contributed by atoms with Crippen molar-refractivity contribution in [3.05, 3.63) is 64.7 Å². The number of carbonyl (C=O) groups excluding carboxylic acids is 1. The van der Waals surface area contributed by atoms with Crippen molar-refractivity contribution < 1.29 is 22.7 Å². The standard InChI is InChI=1S/C17H16F3NO2/c1-11-7-8-13(9-15(11)17(18,19)20)21-16(22)14-6-4-3-5-12(14)10-23-2/h3-9H,10H2,1-2H3,(H,21,22). The molecule has 0 radical (unpaired) electrons. The van der Waals surface area contributed by atoms with Crippen LogP contribution < -0.4 is 5.32 Å². The molecule has 2 aromatic rings. The minimum atomic E-state index is -4.46. The van der Waals surface area contributed by atoms with Crippen LogP contribution in [0.25, 0.3) is 0 Å². The first-order valence-corrected chi connectivity index (χ1v) is 6.89. The summed E-state index contributed by atoms with van der Waals surface area (Å²) in [7, 11) is 1.50. The first-order chi connectivity index (χ1) is 10.8. The number of halogens is 3. The van der Waals surface area contributed by atoms with E-state index in [1.54, 1.807) is 24.3 Å². The third-order valence-corrected chi connectivity index (χ3v) is 3.36. The summed E-state index contributed by atoms with van der Waals surface area (Å²) >= 11 is 0. The fourth-order valence-corrected chi connectivity index (χ4v) is 2.23. The van der Waals surface area contributed by atoms with Crippen LogP contribution in [0.1, 0.15) is 27.0 Å². The molecule has 3 nitrogen and oxygen atoms in total. The van der Waals surface area contributed by atoms with Crippen molar-refractivity contribution in [2.45, 2.75) is 19.7 Å². The minimum absolute atomic E-state index is 0.0974. The van der Waals surface area contributed by atoms with E-state index in [1.165, 1.54) is 26.2 Å². The zero-order valence-electron chi connectivity index (χ0n) is 12.7. The number of ether oxygens (including phenoxy) is 1. The Morgan fingerprint density at radius 2 is 1.87 bits per heavy atom. The molecule has 0 saturated heterocycles. The second-order valence-corrected chi connectivity index (χ2v) is 5.07. The number of nitrogens with one attached hydrogen (secondary N) is 1. The molecule has 6 heteroatoms. The normalized spacial score (nSPS) is 11.3. The molecule has 0 heterocycles. The molecule has 0 aliphatic carbocycles. The molecule has 0 bridgehead atoms. The molecule has 122 valence electrons. The number of benzene rings is 2. The summed E-state index contributed by atoms with van der Waals surface area (Å²) in [6.45, 7) is 1.62. The van der Waals surface area contributed by atoms with Crippen LogP contribution in [0.2, 0.25) is 0 Å². The van der Waals surface area contributed by atoms with Gasteiger partial charge in [-0.15, -0.1) is 0 Å². The highest BCUT2D eigenvalue weighted by atomic mass is 19.4. The number of rotatable bonds is 4. The summed E-state index contributed by atoms with van der Waals surface area (Å²) in [6, 6.07) is 10.5. The molecule has 0 aromatic heterocycles. The predicted octanol–water partition coefficient (Wildman–Crippen LogP) is 4.41. The highest BCUT2D eigenvalue weighted by Gasteiger charge is 2.32. The van der Waals surface area contributed by atoms with Gasteiger partial charge in [0.15, 0.2) is 0 Å². The largest absolute Gasteiger partial charge is 0.416 e. The Balaban J connectivity index is 2.28. The zero-order valence-corrected chi connectivity index (χ0v) is 12.7. The van der Waals surface area contributed by atoms with Crippen molar-refractivity contribution >= 4 is 11.6 Å². The number of amides is 1. The second-order valence-electron chi connectivity index (χ2n) is 5.07. The van der Waals surface area contributed by atoms with Gasteiger partial charge >= 0.3 is 6.18 Å². The molecule has 1 N–H and O–H groups in total. The van der Waals surface area contributed by atoms with Crippen LogP contribution in [0.3, 0.4) is 0 Å². The molecule has 0 unspecified atom stereocenters. The van der Waals surface area contributed by atoms with Gasteiger partial charge in [-0.05, 0) is 36.2 Å². The van der Waals surface area contributed by atoms with Gasteiger partial charge in [-0.1, -0.05) is 24.3 Å². The Kier molecular flexibility index (Phi) is 5.05. The summed E-state index contributed by atoms with van der Waals surface area (Å²) in [5.41, 5.74) is 0.468. The lowest BCUT2D eigenvalue weighted by atomic mass is 10.1. The highest BCUT2D eigenvalue weighted by molar-refractivity contribution is 6.05. The third-order valence-electron chi connectivity index (χ3n) is 3.36. The lowest BCUT2D eigenvalue weighted by Gasteiger charge is -2.14. The van der Waals surface area contributed by atoms with Crippen LogP contribution in [0, 0.1) is 6.92 Å². The average molecular weight is 323 g/mol. The van der Waals surface area contributed by atoms with Gasteiger partial charge in [0.25, 0.3) is 5.91 Å². The van der Waals surface area contributed by atoms with Crippen LogP contribution in [-0.2, 0) is 17.5 Å². The van der Waals surface area contributed by atoms with Crippen molar-refractivity contribution in [2.24, 2.45) is 0 Å². The predicted molar refractivity (Wildman–Crippen MR) is 81.3 cm³/mol. The molecule has 0 fully saturated rings. The Labute approximate surface area is 132 Å².